The van der Waals surface area contributed by atoms with Crippen LogP contribution in [-0.4, -0.2) is 28.0 Å². The summed E-state index contributed by atoms with van der Waals surface area (Å²) in [5.74, 6) is -0.749. The van der Waals surface area contributed by atoms with Crippen molar-refractivity contribution >= 4 is 29.2 Å². The smallest absolute Gasteiger partial charge is 0.340 e. The topological polar surface area (TPSA) is 102 Å². The van der Waals surface area contributed by atoms with Crippen LogP contribution in [0.4, 0.5) is 17.3 Å². The molecule has 0 aliphatic heterocycles. The number of aryl methyl sites for hydroxylation is 3. The zero-order valence-electron chi connectivity index (χ0n) is 18.6. The number of hydrogen-bond acceptors (Lipinski definition) is 6. The lowest BCUT2D eigenvalue weighted by Crippen LogP contribution is -2.30. The molecule has 0 spiro atoms. The molecule has 2 N–H and O–H groups in total. The second-order valence-corrected chi connectivity index (χ2v) is 7.46. The second-order valence-electron chi connectivity index (χ2n) is 7.46. The van der Waals surface area contributed by atoms with Gasteiger partial charge in [-0.2, -0.15) is 0 Å². The van der Waals surface area contributed by atoms with Gasteiger partial charge in [0.1, 0.15) is 6.54 Å². The summed E-state index contributed by atoms with van der Waals surface area (Å²) < 4.78 is 6.30. The van der Waals surface area contributed by atoms with Crippen LogP contribution in [0.1, 0.15) is 34.1 Å². The molecule has 2 aromatic carbocycles. The molecule has 1 amide bonds. The molecule has 0 bridgehead atoms. The van der Waals surface area contributed by atoms with Gasteiger partial charge in [-0.3, -0.25) is 14.2 Å². The van der Waals surface area contributed by atoms with Gasteiger partial charge in [0.05, 0.1) is 17.9 Å². The molecule has 0 saturated carbocycles. The first kappa shape index (κ1) is 22.7. The zero-order valence-corrected chi connectivity index (χ0v) is 18.6. The SMILES string of the molecule is CCOC(=O)c1ccccc1NC(=O)Cn1c(Nc2cc(C)cc(C)c2)nc(C)cc1=O. The van der Waals surface area contributed by atoms with Crippen molar-refractivity contribution in [2.24, 2.45) is 0 Å². The van der Waals surface area contributed by atoms with E-state index < -0.39 is 11.9 Å². The van der Waals surface area contributed by atoms with Gasteiger partial charge < -0.3 is 15.4 Å². The molecule has 3 rings (SSSR count). The highest BCUT2D eigenvalue weighted by Crippen LogP contribution is 2.19. The van der Waals surface area contributed by atoms with E-state index in [4.69, 9.17) is 4.74 Å². The quantitative estimate of drug-likeness (QED) is 0.550. The van der Waals surface area contributed by atoms with Gasteiger partial charge in [-0.25, -0.2) is 9.78 Å². The second kappa shape index (κ2) is 9.91. The molecule has 8 nitrogen and oxygen atoms in total. The minimum Gasteiger partial charge on any atom is -0.462 e. The van der Waals surface area contributed by atoms with Crippen LogP contribution in [0.25, 0.3) is 0 Å². The van der Waals surface area contributed by atoms with Gasteiger partial charge in [0.25, 0.3) is 5.56 Å². The number of carbonyl (C=O) groups is 2. The summed E-state index contributed by atoms with van der Waals surface area (Å²) in [4.78, 5) is 42.0. The maximum atomic E-state index is 12.8. The fourth-order valence-electron chi connectivity index (χ4n) is 3.36. The standard InChI is InChI=1S/C24H26N4O4/c1-5-32-23(31)19-8-6-7-9-20(19)27-21(29)14-28-22(30)13-17(4)25-24(28)26-18-11-15(2)10-16(3)12-18/h6-13H,5,14H2,1-4H3,(H,25,26)(H,27,29). The van der Waals surface area contributed by atoms with Crippen LogP contribution in [0.15, 0.2) is 53.3 Å². The summed E-state index contributed by atoms with van der Waals surface area (Å²) in [6.07, 6.45) is 0. The Morgan fingerprint density at radius 1 is 1.03 bits per heavy atom. The molecule has 32 heavy (non-hydrogen) atoms. The van der Waals surface area contributed by atoms with E-state index in [0.717, 1.165) is 16.8 Å². The lowest BCUT2D eigenvalue weighted by molar-refractivity contribution is -0.116. The molecule has 0 fully saturated rings. The van der Waals surface area contributed by atoms with Crippen LogP contribution in [-0.2, 0) is 16.1 Å². The predicted molar refractivity (Wildman–Crippen MR) is 123 cm³/mol. The molecule has 8 heteroatoms. The lowest BCUT2D eigenvalue weighted by Gasteiger charge is -2.15. The molecule has 0 atom stereocenters. The summed E-state index contributed by atoms with van der Waals surface area (Å²) in [5, 5.41) is 5.84. The molecule has 0 unspecified atom stereocenters. The summed E-state index contributed by atoms with van der Waals surface area (Å²) in [6.45, 7) is 7.32. The van der Waals surface area contributed by atoms with Crippen molar-refractivity contribution in [3.8, 4) is 0 Å². The van der Waals surface area contributed by atoms with E-state index in [2.05, 4.69) is 15.6 Å². The zero-order chi connectivity index (χ0) is 23.3. The van der Waals surface area contributed by atoms with Crippen molar-refractivity contribution in [1.29, 1.82) is 0 Å². The number of ether oxygens (including phenoxy) is 1. The normalized spacial score (nSPS) is 10.5. The number of nitrogens with zero attached hydrogens (tertiary/aromatic N) is 2. The monoisotopic (exact) mass is 434 g/mol. The van der Waals surface area contributed by atoms with E-state index in [1.807, 2.05) is 32.0 Å². The van der Waals surface area contributed by atoms with Gasteiger partial charge in [-0.05, 0) is 63.1 Å². The number of anilines is 3. The van der Waals surface area contributed by atoms with E-state index in [1.54, 1.807) is 38.1 Å². The first-order valence-electron chi connectivity index (χ1n) is 10.3. The van der Waals surface area contributed by atoms with Gasteiger partial charge in [0, 0.05) is 17.4 Å². The largest absolute Gasteiger partial charge is 0.462 e. The maximum Gasteiger partial charge on any atom is 0.340 e. The van der Waals surface area contributed by atoms with Crippen LogP contribution < -0.4 is 16.2 Å². The number of carbonyl (C=O) groups excluding carboxylic acids is 2. The Labute approximate surface area is 186 Å². The highest BCUT2D eigenvalue weighted by Gasteiger charge is 2.16. The van der Waals surface area contributed by atoms with E-state index in [9.17, 15) is 14.4 Å². The number of hydrogen-bond donors (Lipinski definition) is 2. The van der Waals surface area contributed by atoms with Crippen LogP contribution in [0.3, 0.4) is 0 Å². The van der Waals surface area contributed by atoms with E-state index in [-0.39, 0.29) is 30.2 Å². The van der Waals surface area contributed by atoms with Crippen LogP contribution >= 0.6 is 0 Å². The van der Waals surface area contributed by atoms with Gasteiger partial charge in [0.2, 0.25) is 11.9 Å². The molecular formula is C24H26N4O4. The van der Waals surface area contributed by atoms with Crippen molar-refractivity contribution < 1.29 is 14.3 Å². The van der Waals surface area contributed by atoms with Crippen molar-refractivity contribution in [3.63, 3.8) is 0 Å². The van der Waals surface area contributed by atoms with Crippen molar-refractivity contribution in [2.45, 2.75) is 34.2 Å². The summed E-state index contributed by atoms with van der Waals surface area (Å²) in [6, 6.07) is 13.8. The minimum absolute atomic E-state index is 0.221. The van der Waals surface area contributed by atoms with Gasteiger partial charge in [-0.15, -0.1) is 0 Å². The number of para-hydroxylation sites is 1. The Kier molecular flexibility index (Phi) is 7.04. The highest BCUT2D eigenvalue weighted by atomic mass is 16.5. The van der Waals surface area contributed by atoms with Crippen LogP contribution in [0.5, 0.6) is 0 Å². The summed E-state index contributed by atoms with van der Waals surface area (Å²) in [7, 11) is 0. The Morgan fingerprint density at radius 3 is 2.41 bits per heavy atom. The third kappa shape index (κ3) is 5.60. The van der Waals surface area contributed by atoms with Gasteiger partial charge >= 0.3 is 5.97 Å². The molecule has 0 aliphatic carbocycles. The first-order valence-corrected chi connectivity index (χ1v) is 10.3. The maximum absolute atomic E-state index is 12.8. The third-order valence-corrected chi connectivity index (χ3v) is 4.61. The third-order valence-electron chi connectivity index (χ3n) is 4.61. The van der Waals surface area contributed by atoms with E-state index in [0.29, 0.717) is 11.4 Å². The molecule has 0 aliphatic rings. The van der Waals surface area contributed by atoms with Crippen molar-refractivity contribution in [1.82, 2.24) is 9.55 Å². The number of nitrogens with one attached hydrogen (secondary N) is 2. The lowest BCUT2D eigenvalue weighted by atomic mass is 10.1. The number of amides is 1. The van der Waals surface area contributed by atoms with Crippen molar-refractivity contribution in [2.75, 3.05) is 17.2 Å². The Bertz CT molecular complexity index is 1200. The first-order chi connectivity index (χ1) is 15.3. The molecule has 0 radical (unpaired) electrons. The molecule has 166 valence electrons. The van der Waals surface area contributed by atoms with Crippen LogP contribution in [0.2, 0.25) is 0 Å². The van der Waals surface area contributed by atoms with Crippen LogP contribution in [0, 0.1) is 20.8 Å². The fourth-order valence-corrected chi connectivity index (χ4v) is 3.36. The Hall–Kier alpha value is -3.94. The number of aromatic nitrogens is 2. The fraction of sp³-hybridized carbons (Fsp3) is 0.250. The Morgan fingerprint density at radius 2 is 1.72 bits per heavy atom. The minimum atomic E-state index is -0.533. The van der Waals surface area contributed by atoms with Gasteiger partial charge in [-0.1, -0.05) is 18.2 Å². The van der Waals surface area contributed by atoms with Crippen molar-refractivity contribution in [3.05, 3.63) is 81.3 Å². The average molecular weight is 434 g/mol. The number of rotatable bonds is 7. The molecule has 3 aromatic rings. The van der Waals surface area contributed by atoms with E-state index in [1.165, 1.54) is 10.6 Å². The van der Waals surface area contributed by atoms with Gasteiger partial charge in [0.15, 0.2) is 0 Å². The number of esters is 1. The predicted octanol–water partition coefficient (Wildman–Crippen LogP) is 3.73. The number of benzene rings is 2. The summed E-state index contributed by atoms with van der Waals surface area (Å²) >= 11 is 0. The molecular weight excluding hydrogens is 408 g/mol. The molecule has 1 aromatic heterocycles. The van der Waals surface area contributed by atoms with E-state index >= 15 is 0 Å². The summed E-state index contributed by atoms with van der Waals surface area (Å²) in [5.41, 5.74) is 3.61. The average Bonchev–Trinajstić information content (AvgIpc) is 2.70. The molecule has 1 heterocycles. The Balaban J connectivity index is 1.87. The molecule has 0 saturated heterocycles. The highest BCUT2D eigenvalue weighted by molar-refractivity contribution is 6.01.